The number of piperidine rings is 1. The highest BCUT2D eigenvalue weighted by Crippen LogP contribution is 2.19. The molecular formula is C16H33Cl2N3O2. The van der Waals surface area contributed by atoms with E-state index >= 15 is 0 Å². The van der Waals surface area contributed by atoms with E-state index in [9.17, 15) is 4.79 Å². The lowest BCUT2D eigenvalue weighted by atomic mass is 9.92. The summed E-state index contributed by atoms with van der Waals surface area (Å²) in [5.41, 5.74) is 6.09. The molecule has 0 bridgehead atoms. The third kappa shape index (κ3) is 7.14. The first-order valence-corrected chi connectivity index (χ1v) is 8.43. The largest absolute Gasteiger partial charge is 0.381 e. The van der Waals surface area contributed by atoms with Crippen molar-refractivity contribution < 1.29 is 9.53 Å². The summed E-state index contributed by atoms with van der Waals surface area (Å²) < 4.78 is 5.32. The van der Waals surface area contributed by atoms with E-state index in [1.165, 1.54) is 12.8 Å². The summed E-state index contributed by atoms with van der Waals surface area (Å²) >= 11 is 0. The molecular weight excluding hydrogens is 337 g/mol. The number of nitrogens with one attached hydrogen (secondary N) is 1. The summed E-state index contributed by atoms with van der Waals surface area (Å²) in [6.07, 6.45) is 4.32. The molecule has 2 fully saturated rings. The van der Waals surface area contributed by atoms with Crippen molar-refractivity contribution in [2.24, 2.45) is 17.6 Å². The molecule has 0 radical (unpaired) electrons. The first-order valence-electron chi connectivity index (χ1n) is 8.43. The second-order valence-corrected chi connectivity index (χ2v) is 6.79. The second-order valence-electron chi connectivity index (χ2n) is 6.79. The highest BCUT2D eigenvalue weighted by Gasteiger charge is 2.27. The molecule has 2 rings (SSSR count). The summed E-state index contributed by atoms with van der Waals surface area (Å²) in [5, 5.41) is 3.04. The Bertz CT molecular complexity index is 333. The van der Waals surface area contributed by atoms with E-state index in [2.05, 4.69) is 24.1 Å². The number of amides is 1. The van der Waals surface area contributed by atoms with Crippen LogP contribution in [0.1, 0.15) is 39.5 Å². The van der Waals surface area contributed by atoms with Gasteiger partial charge in [0.1, 0.15) is 0 Å². The number of rotatable bonds is 5. The maximum atomic E-state index is 12.2. The van der Waals surface area contributed by atoms with Crippen LogP contribution in [0.25, 0.3) is 0 Å². The molecule has 0 aromatic heterocycles. The van der Waals surface area contributed by atoms with Gasteiger partial charge in [-0.3, -0.25) is 9.69 Å². The number of hydrogen-bond donors (Lipinski definition) is 2. The van der Waals surface area contributed by atoms with Crippen LogP contribution in [0.15, 0.2) is 0 Å². The van der Waals surface area contributed by atoms with Gasteiger partial charge in [0, 0.05) is 25.8 Å². The fourth-order valence-electron chi connectivity index (χ4n) is 3.25. The number of carbonyl (C=O) groups excluding carboxylic acids is 1. The summed E-state index contributed by atoms with van der Waals surface area (Å²) in [4.78, 5) is 14.7. The van der Waals surface area contributed by atoms with E-state index in [0.717, 1.165) is 45.1 Å². The molecule has 2 atom stereocenters. The standard InChI is InChI=1S/C16H31N3O2.2ClH/c1-12-3-7-19(8-4-12)13(2)11-18-16(20)15(17)14-5-9-21-10-6-14;;/h12-15H,3-11,17H2,1-2H3,(H,18,20);2*1H. The fourth-order valence-corrected chi connectivity index (χ4v) is 3.25. The van der Waals surface area contributed by atoms with Gasteiger partial charge in [-0.2, -0.15) is 0 Å². The molecule has 2 unspecified atom stereocenters. The van der Waals surface area contributed by atoms with Crippen molar-refractivity contribution >= 4 is 30.7 Å². The van der Waals surface area contributed by atoms with Crippen molar-refractivity contribution in [2.45, 2.75) is 51.6 Å². The van der Waals surface area contributed by atoms with Crippen molar-refractivity contribution in [3.63, 3.8) is 0 Å². The zero-order valence-electron chi connectivity index (χ0n) is 14.3. The Balaban J connectivity index is 0.00000242. The molecule has 1 amide bonds. The summed E-state index contributed by atoms with van der Waals surface area (Å²) in [6.45, 7) is 8.95. The predicted molar refractivity (Wildman–Crippen MR) is 98.5 cm³/mol. The molecule has 0 aromatic rings. The molecule has 138 valence electrons. The summed E-state index contributed by atoms with van der Waals surface area (Å²) in [5.74, 6) is 1.11. The van der Waals surface area contributed by atoms with E-state index in [1.54, 1.807) is 0 Å². The highest BCUT2D eigenvalue weighted by atomic mass is 35.5. The maximum Gasteiger partial charge on any atom is 0.237 e. The monoisotopic (exact) mass is 369 g/mol. The van der Waals surface area contributed by atoms with Crippen LogP contribution in [0.3, 0.4) is 0 Å². The van der Waals surface area contributed by atoms with E-state index in [0.29, 0.717) is 12.6 Å². The van der Waals surface area contributed by atoms with E-state index in [1.807, 2.05) is 0 Å². The van der Waals surface area contributed by atoms with Gasteiger partial charge in [-0.25, -0.2) is 0 Å². The minimum atomic E-state index is -0.387. The Kier molecular flexibility index (Phi) is 11.4. The van der Waals surface area contributed by atoms with Gasteiger partial charge in [-0.05, 0) is 57.5 Å². The van der Waals surface area contributed by atoms with Crippen LogP contribution in [0.4, 0.5) is 0 Å². The average Bonchev–Trinajstić information content (AvgIpc) is 2.53. The van der Waals surface area contributed by atoms with Crippen LogP contribution in [0.5, 0.6) is 0 Å². The van der Waals surface area contributed by atoms with Gasteiger partial charge in [0.15, 0.2) is 0 Å². The molecule has 2 aliphatic rings. The quantitative estimate of drug-likeness (QED) is 0.775. The Hall–Kier alpha value is -0.0700. The summed E-state index contributed by atoms with van der Waals surface area (Å²) in [7, 11) is 0. The lowest BCUT2D eigenvalue weighted by molar-refractivity contribution is -0.124. The number of carbonyl (C=O) groups is 1. The predicted octanol–water partition coefficient (Wildman–Crippen LogP) is 1.82. The van der Waals surface area contributed by atoms with Gasteiger partial charge < -0.3 is 15.8 Å². The molecule has 3 N–H and O–H groups in total. The van der Waals surface area contributed by atoms with E-state index in [-0.39, 0.29) is 42.7 Å². The van der Waals surface area contributed by atoms with Gasteiger partial charge in [0.2, 0.25) is 5.91 Å². The summed E-state index contributed by atoms with van der Waals surface area (Å²) in [6, 6.07) is 0.00539. The average molecular weight is 370 g/mol. The van der Waals surface area contributed by atoms with Gasteiger partial charge in [-0.15, -0.1) is 24.8 Å². The van der Waals surface area contributed by atoms with E-state index < -0.39 is 0 Å². The molecule has 5 nitrogen and oxygen atoms in total. The number of nitrogens with two attached hydrogens (primary N) is 1. The molecule has 0 aliphatic carbocycles. The third-order valence-electron chi connectivity index (χ3n) is 5.09. The lowest BCUT2D eigenvalue weighted by Crippen LogP contribution is -2.51. The molecule has 2 saturated heterocycles. The van der Waals surface area contributed by atoms with Crippen LogP contribution in [0.2, 0.25) is 0 Å². The van der Waals surface area contributed by atoms with Crippen molar-refractivity contribution in [2.75, 3.05) is 32.8 Å². The Labute approximate surface area is 152 Å². The molecule has 0 saturated carbocycles. The van der Waals surface area contributed by atoms with Gasteiger partial charge in [-0.1, -0.05) is 6.92 Å². The van der Waals surface area contributed by atoms with Crippen LogP contribution >= 0.6 is 24.8 Å². The van der Waals surface area contributed by atoms with Crippen molar-refractivity contribution in [1.82, 2.24) is 10.2 Å². The Morgan fingerprint density at radius 1 is 1.22 bits per heavy atom. The number of ether oxygens (including phenoxy) is 1. The molecule has 23 heavy (non-hydrogen) atoms. The maximum absolute atomic E-state index is 12.2. The topological polar surface area (TPSA) is 67.6 Å². The van der Waals surface area contributed by atoms with E-state index in [4.69, 9.17) is 10.5 Å². The number of likely N-dealkylation sites (tertiary alicyclic amines) is 1. The first-order chi connectivity index (χ1) is 10.1. The SMILES string of the molecule is CC1CCN(C(C)CNC(=O)C(N)C2CCOCC2)CC1.Cl.Cl. The number of nitrogens with zero attached hydrogens (tertiary/aromatic N) is 1. The highest BCUT2D eigenvalue weighted by molar-refractivity contribution is 5.85. The Morgan fingerprint density at radius 2 is 1.78 bits per heavy atom. The zero-order valence-corrected chi connectivity index (χ0v) is 16.0. The second kappa shape index (κ2) is 11.5. The smallest absolute Gasteiger partial charge is 0.237 e. The Morgan fingerprint density at radius 3 is 2.35 bits per heavy atom. The van der Waals surface area contributed by atoms with Crippen LogP contribution in [0, 0.1) is 11.8 Å². The van der Waals surface area contributed by atoms with Crippen molar-refractivity contribution in [3.05, 3.63) is 0 Å². The van der Waals surface area contributed by atoms with Gasteiger partial charge >= 0.3 is 0 Å². The van der Waals surface area contributed by atoms with Gasteiger partial charge in [0.25, 0.3) is 0 Å². The first kappa shape index (κ1) is 22.9. The zero-order chi connectivity index (χ0) is 15.2. The molecule has 7 heteroatoms. The minimum absolute atomic E-state index is 0. The molecule has 0 aromatic carbocycles. The van der Waals surface area contributed by atoms with Crippen LogP contribution < -0.4 is 11.1 Å². The number of hydrogen-bond acceptors (Lipinski definition) is 4. The third-order valence-corrected chi connectivity index (χ3v) is 5.09. The molecule has 2 aliphatic heterocycles. The minimum Gasteiger partial charge on any atom is -0.381 e. The van der Waals surface area contributed by atoms with Crippen LogP contribution in [-0.4, -0.2) is 55.7 Å². The lowest BCUT2D eigenvalue weighted by Gasteiger charge is -2.35. The van der Waals surface area contributed by atoms with Crippen molar-refractivity contribution in [3.8, 4) is 0 Å². The molecule has 0 spiro atoms. The van der Waals surface area contributed by atoms with Gasteiger partial charge in [0.05, 0.1) is 6.04 Å². The number of halogens is 2. The molecule has 2 heterocycles. The fraction of sp³-hybridized carbons (Fsp3) is 0.938. The van der Waals surface area contributed by atoms with Crippen molar-refractivity contribution in [1.29, 1.82) is 0 Å². The normalized spacial score (nSPS) is 23.3. The van der Waals surface area contributed by atoms with Crippen LogP contribution in [-0.2, 0) is 9.53 Å².